The van der Waals surface area contributed by atoms with E-state index in [1.807, 2.05) is 0 Å². The van der Waals surface area contributed by atoms with Gasteiger partial charge in [-0.2, -0.15) is 0 Å². The van der Waals surface area contributed by atoms with Gasteiger partial charge in [0.2, 0.25) is 0 Å². The fraction of sp³-hybridized carbons (Fsp3) is 0.368. The predicted molar refractivity (Wildman–Crippen MR) is 109 cm³/mol. The zero-order valence-electron chi connectivity index (χ0n) is 15.5. The summed E-state index contributed by atoms with van der Waals surface area (Å²) >= 11 is 7.48. The number of esters is 1. The number of hydrogen-bond acceptors (Lipinski definition) is 6. The summed E-state index contributed by atoms with van der Waals surface area (Å²) in [5.74, 6) is -1.07. The number of rotatable bonds is 4. The van der Waals surface area contributed by atoms with Crippen molar-refractivity contribution in [1.82, 2.24) is 0 Å². The van der Waals surface area contributed by atoms with Crippen LogP contribution in [-0.2, 0) is 27.4 Å². The van der Waals surface area contributed by atoms with Crippen molar-refractivity contribution >= 4 is 49.7 Å². The Morgan fingerprint density at radius 3 is 2.57 bits per heavy atom. The number of aryl methyl sites for hydroxylation is 1. The van der Waals surface area contributed by atoms with Gasteiger partial charge in [-0.1, -0.05) is 18.0 Å². The number of benzene rings is 1. The van der Waals surface area contributed by atoms with E-state index in [2.05, 4.69) is 5.32 Å². The summed E-state index contributed by atoms with van der Waals surface area (Å²) in [5.41, 5.74) is 1.35. The van der Waals surface area contributed by atoms with Crippen LogP contribution >= 0.6 is 22.9 Å². The van der Waals surface area contributed by atoms with Crippen molar-refractivity contribution in [2.75, 3.05) is 18.7 Å². The van der Waals surface area contributed by atoms with Gasteiger partial charge in [-0.05, 0) is 49.4 Å². The highest BCUT2D eigenvalue weighted by Crippen LogP contribution is 2.38. The zero-order valence-corrected chi connectivity index (χ0v) is 17.9. The van der Waals surface area contributed by atoms with Gasteiger partial charge in [-0.25, -0.2) is 13.2 Å². The third-order valence-electron chi connectivity index (χ3n) is 4.65. The molecule has 1 aromatic carbocycles. The van der Waals surface area contributed by atoms with Gasteiger partial charge in [0.25, 0.3) is 5.91 Å². The number of hydrogen-bond donors (Lipinski definition) is 1. The van der Waals surface area contributed by atoms with Crippen LogP contribution in [0.2, 0.25) is 5.02 Å². The van der Waals surface area contributed by atoms with Crippen LogP contribution in [0.5, 0.6) is 0 Å². The Kier molecular flexibility index (Phi) is 6.12. The van der Waals surface area contributed by atoms with E-state index in [0.29, 0.717) is 10.6 Å². The Morgan fingerprint density at radius 1 is 1.18 bits per heavy atom. The molecule has 0 radical (unpaired) electrons. The second-order valence-electron chi connectivity index (χ2n) is 6.63. The number of halogens is 1. The number of carbonyl (C=O) groups is 2. The summed E-state index contributed by atoms with van der Waals surface area (Å²) in [6.45, 7) is 0. The number of fused-ring (bicyclic) bond motifs is 1. The lowest BCUT2D eigenvalue weighted by Gasteiger charge is -2.09. The highest BCUT2D eigenvalue weighted by atomic mass is 35.5. The average Bonchev–Trinajstić information content (AvgIpc) is 2.81. The van der Waals surface area contributed by atoms with Crippen LogP contribution < -0.4 is 5.32 Å². The van der Waals surface area contributed by atoms with Crippen molar-refractivity contribution in [1.29, 1.82) is 0 Å². The highest BCUT2D eigenvalue weighted by Gasteiger charge is 2.27. The SMILES string of the molecule is COC(=O)c1c(NC(=O)c2cc(S(C)(=O)=O)ccc2Cl)sc2c1CCCCC2. The molecule has 0 saturated carbocycles. The van der Waals surface area contributed by atoms with Crippen LogP contribution in [0.25, 0.3) is 0 Å². The Bertz CT molecular complexity index is 1040. The molecule has 1 amide bonds. The first-order chi connectivity index (χ1) is 13.2. The second-order valence-corrected chi connectivity index (χ2v) is 10.2. The van der Waals surface area contributed by atoms with E-state index in [9.17, 15) is 18.0 Å². The average molecular weight is 442 g/mol. The molecule has 2 aromatic rings. The lowest BCUT2D eigenvalue weighted by atomic mass is 10.1. The summed E-state index contributed by atoms with van der Waals surface area (Å²) in [7, 11) is -2.18. The van der Waals surface area contributed by atoms with Crippen molar-refractivity contribution in [3.05, 3.63) is 44.8 Å². The maximum atomic E-state index is 12.8. The number of amides is 1. The Morgan fingerprint density at radius 2 is 1.89 bits per heavy atom. The Labute approximate surface area is 172 Å². The third-order valence-corrected chi connectivity index (χ3v) is 7.30. The van der Waals surface area contributed by atoms with Gasteiger partial charge in [0, 0.05) is 11.1 Å². The molecule has 1 N–H and O–H groups in total. The van der Waals surface area contributed by atoms with E-state index in [4.69, 9.17) is 16.3 Å². The zero-order chi connectivity index (χ0) is 20.5. The fourth-order valence-electron chi connectivity index (χ4n) is 3.23. The van der Waals surface area contributed by atoms with E-state index < -0.39 is 21.7 Å². The number of ether oxygens (including phenoxy) is 1. The molecule has 0 unspecified atom stereocenters. The van der Waals surface area contributed by atoms with Gasteiger partial charge < -0.3 is 10.1 Å². The quantitative estimate of drug-likeness (QED) is 0.569. The number of methoxy groups -OCH3 is 1. The number of carbonyl (C=O) groups excluding carboxylic acids is 2. The summed E-state index contributed by atoms with van der Waals surface area (Å²) in [5, 5.41) is 3.27. The smallest absolute Gasteiger partial charge is 0.341 e. The second kappa shape index (κ2) is 8.23. The van der Waals surface area contributed by atoms with Crippen LogP contribution in [0.1, 0.15) is 50.4 Å². The van der Waals surface area contributed by atoms with Crippen molar-refractivity contribution in [3.63, 3.8) is 0 Å². The molecule has 150 valence electrons. The molecule has 0 atom stereocenters. The molecule has 1 heterocycles. The van der Waals surface area contributed by atoms with Crippen LogP contribution in [-0.4, -0.2) is 33.7 Å². The molecule has 0 bridgehead atoms. The molecule has 6 nitrogen and oxygen atoms in total. The molecular weight excluding hydrogens is 422 g/mol. The fourth-order valence-corrected chi connectivity index (χ4v) is 5.35. The van der Waals surface area contributed by atoms with Gasteiger partial charge >= 0.3 is 5.97 Å². The van der Waals surface area contributed by atoms with Gasteiger partial charge in [-0.3, -0.25) is 4.79 Å². The first kappa shape index (κ1) is 20.8. The van der Waals surface area contributed by atoms with Crippen molar-refractivity contribution in [2.45, 2.75) is 37.0 Å². The molecule has 0 aliphatic heterocycles. The topological polar surface area (TPSA) is 89.5 Å². The van der Waals surface area contributed by atoms with E-state index in [0.717, 1.165) is 48.8 Å². The molecular formula is C19H20ClNO5S2. The number of sulfone groups is 1. The van der Waals surface area contributed by atoms with E-state index in [1.54, 1.807) is 0 Å². The molecule has 0 spiro atoms. The van der Waals surface area contributed by atoms with E-state index >= 15 is 0 Å². The Balaban J connectivity index is 2.00. The summed E-state index contributed by atoms with van der Waals surface area (Å²) in [4.78, 5) is 26.3. The molecule has 0 saturated heterocycles. The van der Waals surface area contributed by atoms with Crippen LogP contribution in [0.4, 0.5) is 5.00 Å². The minimum Gasteiger partial charge on any atom is -0.465 e. The normalized spacial score (nSPS) is 14.1. The first-order valence-electron chi connectivity index (χ1n) is 8.76. The maximum Gasteiger partial charge on any atom is 0.341 e. The number of nitrogens with one attached hydrogen (secondary N) is 1. The van der Waals surface area contributed by atoms with Crippen molar-refractivity contribution in [2.24, 2.45) is 0 Å². The molecule has 0 fully saturated rings. The minimum atomic E-state index is -3.49. The summed E-state index contributed by atoms with van der Waals surface area (Å²) < 4.78 is 28.5. The summed E-state index contributed by atoms with van der Waals surface area (Å²) in [6.07, 6.45) is 5.77. The van der Waals surface area contributed by atoms with Crippen LogP contribution in [0.3, 0.4) is 0 Å². The van der Waals surface area contributed by atoms with Crippen molar-refractivity contribution in [3.8, 4) is 0 Å². The van der Waals surface area contributed by atoms with Gasteiger partial charge in [0.1, 0.15) is 5.00 Å². The molecule has 1 aromatic heterocycles. The first-order valence-corrected chi connectivity index (χ1v) is 11.8. The summed E-state index contributed by atoms with van der Waals surface area (Å²) in [6, 6.07) is 3.96. The Hall–Kier alpha value is -1.90. The lowest BCUT2D eigenvalue weighted by Crippen LogP contribution is -2.15. The monoisotopic (exact) mass is 441 g/mol. The van der Waals surface area contributed by atoms with Gasteiger partial charge in [-0.15, -0.1) is 11.3 Å². The maximum absolute atomic E-state index is 12.8. The molecule has 9 heteroatoms. The largest absolute Gasteiger partial charge is 0.465 e. The molecule has 3 rings (SSSR count). The number of thiophene rings is 1. The van der Waals surface area contributed by atoms with E-state index in [-0.39, 0.29) is 15.5 Å². The van der Waals surface area contributed by atoms with Crippen LogP contribution in [0.15, 0.2) is 23.1 Å². The molecule has 1 aliphatic rings. The van der Waals surface area contributed by atoms with Gasteiger partial charge in [0.05, 0.1) is 28.2 Å². The van der Waals surface area contributed by atoms with Crippen LogP contribution in [0, 0.1) is 0 Å². The molecule has 28 heavy (non-hydrogen) atoms. The third kappa shape index (κ3) is 4.24. The lowest BCUT2D eigenvalue weighted by molar-refractivity contribution is 0.0601. The minimum absolute atomic E-state index is 0.00259. The molecule has 1 aliphatic carbocycles. The number of anilines is 1. The predicted octanol–water partition coefficient (Wildman–Crippen LogP) is 4.11. The standard InChI is InChI=1S/C19H20ClNO5S2/c1-26-19(23)16-12-6-4-3-5-7-15(12)27-18(16)21-17(22)13-10-11(28(2,24)25)8-9-14(13)20/h8-10H,3-7H2,1-2H3,(H,21,22). The highest BCUT2D eigenvalue weighted by molar-refractivity contribution is 7.90. The van der Waals surface area contributed by atoms with Crippen molar-refractivity contribution < 1.29 is 22.7 Å². The van der Waals surface area contributed by atoms with E-state index in [1.165, 1.54) is 36.6 Å². The van der Waals surface area contributed by atoms with Gasteiger partial charge in [0.15, 0.2) is 9.84 Å².